The molecular formula is C17H19NO4. The fourth-order valence-corrected chi connectivity index (χ4v) is 1.91. The normalized spacial score (nSPS) is 11.4. The van der Waals surface area contributed by atoms with E-state index in [0.29, 0.717) is 22.9 Å². The van der Waals surface area contributed by atoms with E-state index in [2.05, 4.69) is 5.32 Å². The summed E-state index contributed by atoms with van der Waals surface area (Å²) in [5.41, 5.74) is 0.617. The van der Waals surface area contributed by atoms with E-state index in [1.165, 1.54) is 0 Å². The topological polar surface area (TPSA) is 56.8 Å². The Labute approximate surface area is 129 Å². The van der Waals surface area contributed by atoms with Gasteiger partial charge in [0.2, 0.25) is 0 Å². The SMILES string of the molecule is COc1ccc(NC(=O)[C@H](C)Oc2ccccc2)cc1OC. The van der Waals surface area contributed by atoms with Gasteiger partial charge in [0, 0.05) is 11.8 Å². The van der Waals surface area contributed by atoms with Crippen LogP contribution >= 0.6 is 0 Å². The summed E-state index contributed by atoms with van der Waals surface area (Å²) in [5, 5.41) is 2.79. The zero-order valence-electron chi connectivity index (χ0n) is 12.8. The number of nitrogens with one attached hydrogen (secondary N) is 1. The van der Waals surface area contributed by atoms with Crippen LogP contribution in [0.5, 0.6) is 17.2 Å². The molecule has 1 amide bonds. The molecule has 0 spiro atoms. The average molecular weight is 301 g/mol. The third-order valence-corrected chi connectivity index (χ3v) is 3.08. The molecule has 0 unspecified atom stereocenters. The highest BCUT2D eigenvalue weighted by Crippen LogP contribution is 2.29. The van der Waals surface area contributed by atoms with Gasteiger partial charge in [-0.1, -0.05) is 18.2 Å². The summed E-state index contributed by atoms with van der Waals surface area (Å²) >= 11 is 0. The third kappa shape index (κ3) is 3.91. The van der Waals surface area contributed by atoms with Crippen LogP contribution in [0.4, 0.5) is 5.69 Å². The van der Waals surface area contributed by atoms with Crippen LogP contribution in [0.1, 0.15) is 6.92 Å². The summed E-state index contributed by atoms with van der Waals surface area (Å²) in [5.74, 6) is 1.57. The molecule has 0 aliphatic heterocycles. The second kappa shape index (κ2) is 7.36. The maximum Gasteiger partial charge on any atom is 0.265 e. The van der Waals surface area contributed by atoms with Crippen molar-refractivity contribution in [3.05, 3.63) is 48.5 Å². The lowest BCUT2D eigenvalue weighted by Gasteiger charge is -2.15. The fraction of sp³-hybridized carbons (Fsp3) is 0.235. The minimum Gasteiger partial charge on any atom is -0.493 e. The van der Waals surface area contributed by atoms with E-state index in [1.54, 1.807) is 51.5 Å². The first kappa shape index (κ1) is 15.7. The molecule has 2 aromatic rings. The first-order valence-electron chi connectivity index (χ1n) is 6.88. The zero-order chi connectivity index (χ0) is 15.9. The molecule has 0 aliphatic carbocycles. The highest BCUT2D eigenvalue weighted by Gasteiger charge is 2.15. The van der Waals surface area contributed by atoms with E-state index in [0.717, 1.165) is 0 Å². The van der Waals surface area contributed by atoms with Crippen LogP contribution in [0.3, 0.4) is 0 Å². The van der Waals surface area contributed by atoms with Crippen LogP contribution in [0.2, 0.25) is 0 Å². The monoisotopic (exact) mass is 301 g/mol. The summed E-state index contributed by atoms with van der Waals surface area (Å²) in [6.07, 6.45) is -0.615. The number of amides is 1. The van der Waals surface area contributed by atoms with Crippen molar-refractivity contribution in [2.75, 3.05) is 19.5 Å². The summed E-state index contributed by atoms with van der Waals surface area (Å²) in [7, 11) is 3.11. The lowest BCUT2D eigenvalue weighted by atomic mass is 10.2. The Kier molecular flexibility index (Phi) is 5.25. The Bertz CT molecular complexity index is 628. The largest absolute Gasteiger partial charge is 0.493 e. The van der Waals surface area contributed by atoms with Crippen LogP contribution in [0.25, 0.3) is 0 Å². The lowest BCUT2D eigenvalue weighted by Crippen LogP contribution is -2.30. The van der Waals surface area contributed by atoms with Crippen molar-refractivity contribution in [1.29, 1.82) is 0 Å². The molecule has 0 aromatic heterocycles. The van der Waals surface area contributed by atoms with E-state index in [-0.39, 0.29) is 5.91 Å². The fourth-order valence-electron chi connectivity index (χ4n) is 1.91. The predicted molar refractivity (Wildman–Crippen MR) is 84.7 cm³/mol. The van der Waals surface area contributed by atoms with Gasteiger partial charge in [0.15, 0.2) is 17.6 Å². The summed E-state index contributed by atoms with van der Waals surface area (Å²) in [6.45, 7) is 1.70. The van der Waals surface area contributed by atoms with Gasteiger partial charge in [-0.15, -0.1) is 0 Å². The van der Waals surface area contributed by atoms with Crippen molar-refractivity contribution in [2.24, 2.45) is 0 Å². The molecule has 0 saturated heterocycles. The van der Waals surface area contributed by atoms with Gasteiger partial charge >= 0.3 is 0 Å². The van der Waals surface area contributed by atoms with Gasteiger partial charge in [-0.05, 0) is 31.2 Å². The molecule has 1 atom stereocenters. The van der Waals surface area contributed by atoms with Gasteiger partial charge in [0.25, 0.3) is 5.91 Å². The number of carbonyl (C=O) groups is 1. The highest BCUT2D eigenvalue weighted by atomic mass is 16.5. The van der Waals surface area contributed by atoms with Gasteiger partial charge in [-0.3, -0.25) is 4.79 Å². The van der Waals surface area contributed by atoms with E-state index >= 15 is 0 Å². The number of hydrogen-bond acceptors (Lipinski definition) is 4. The first-order valence-corrected chi connectivity index (χ1v) is 6.88. The summed E-state index contributed by atoms with van der Waals surface area (Å²) < 4.78 is 15.9. The maximum atomic E-state index is 12.2. The molecule has 1 N–H and O–H groups in total. The Morgan fingerprint density at radius 2 is 1.68 bits per heavy atom. The number of ether oxygens (including phenoxy) is 3. The molecular weight excluding hydrogens is 282 g/mol. The molecule has 22 heavy (non-hydrogen) atoms. The molecule has 0 fully saturated rings. The van der Waals surface area contributed by atoms with E-state index < -0.39 is 6.10 Å². The van der Waals surface area contributed by atoms with Crippen LogP contribution in [0, 0.1) is 0 Å². The number of rotatable bonds is 6. The number of carbonyl (C=O) groups excluding carboxylic acids is 1. The van der Waals surface area contributed by atoms with Crippen LogP contribution in [0.15, 0.2) is 48.5 Å². The Morgan fingerprint density at radius 3 is 2.32 bits per heavy atom. The molecule has 5 nitrogen and oxygen atoms in total. The zero-order valence-corrected chi connectivity index (χ0v) is 12.8. The van der Waals surface area contributed by atoms with Crippen molar-refractivity contribution >= 4 is 11.6 Å². The quantitative estimate of drug-likeness (QED) is 0.890. The number of hydrogen-bond donors (Lipinski definition) is 1. The summed E-state index contributed by atoms with van der Waals surface area (Å²) in [6, 6.07) is 14.4. The number of methoxy groups -OCH3 is 2. The Hall–Kier alpha value is -2.69. The molecule has 0 saturated carbocycles. The minimum atomic E-state index is -0.615. The predicted octanol–water partition coefficient (Wildman–Crippen LogP) is 3.11. The molecule has 2 aromatic carbocycles. The molecule has 5 heteroatoms. The second-order valence-corrected chi connectivity index (χ2v) is 4.63. The number of anilines is 1. The summed E-state index contributed by atoms with van der Waals surface area (Å²) in [4.78, 5) is 12.2. The molecule has 0 bridgehead atoms. The van der Waals surface area contributed by atoms with E-state index in [1.807, 2.05) is 18.2 Å². The number of para-hydroxylation sites is 1. The van der Waals surface area contributed by atoms with Gasteiger partial charge in [-0.2, -0.15) is 0 Å². The average Bonchev–Trinajstić information content (AvgIpc) is 2.55. The Balaban J connectivity index is 2.02. The molecule has 2 rings (SSSR count). The van der Waals surface area contributed by atoms with Crippen LogP contribution in [-0.4, -0.2) is 26.2 Å². The molecule has 0 heterocycles. The van der Waals surface area contributed by atoms with E-state index in [9.17, 15) is 4.79 Å². The van der Waals surface area contributed by atoms with E-state index in [4.69, 9.17) is 14.2 Å². The first-order chi connectivity index (χ1) is 10.6. The van der Waals surface area contributed by atoms with Crippen molar-refractivity contribution in [1.82, 2.24) is 0 Å². The Morgan fingerprint density at radius 1 is 1.00 bits per heavy atom. The van der Waals surface area contributed by atoms with Crippen molar-refractivity contribution in [3.8, 4) is 17.2 Å². The molecule has 116 valence electrons. The molecule has 0 radical (unpaired) electrons. The van der Waals surface area contributed by atoms with Crippen LogP contribution < -0.4 is 19.5 Å². The minimum absolute atomic E-state index is 0.240. The molecule has 0 aliphatic rings. The third-order valence-electron chi connectivity index (χ3n) is 3.08. The lowest BCUT2D eigenvalue weighted by molar-refractivity contribution is -0.122. The second-order valence-electron chi connectivity index (χ2n) is 4.63. The van der Waals surface area contributed by atoms with Gasteiger partial charge in [0.05, 0.1) is 14.2 Å². The standard InChI is InChI=1S/C17H19NO4/c1-12(22-14-7-5-4-6-8-14)17(19)18-13-9-10-15(20-2)16(11-13)21-3/h4-12H,1-3H3,(H,18,19)/t12-/m0/s1. The van der Waals surface area contributed by atoms with Crippen molar-refractivity contribution in [3.63, 3.8) is 0 Å². The van der Waals surface area contributed by atoms with Gasteiger partial charge < -0.3 is 19.5 Å². The van der Waals surface area contributed by atoms with Crippen molar-refractivity contribution < 1.29 is 19.0 Å². The maximum absolute atomic E-state index is 12.2. The highest BCUT2D eigenvalue weighted by molar-refractivity contribution is 5.94. The van der Waals surface area contributed by atoms with Crippen LogP contribution in [-0.2, 0) is 4.79 Å². The van der Waals surface area contributed by atoms with Crippen molar-refractivity contribution in [2.45, 2.75) is 13.0 Å². The number of benzene rings is 2. The van der Waals surface area contributed by atoms with Gasteiger partial charge in [-0.25, -0.2) is 0 Å². The van der Waals surface area contributed by atoms with Gasteiger partial charge in [0.1, 0.15) is 5.75 Å². The smallest absolute Gasteiger partial charge is 0.265 e.